The highest BCUT2D eigenvalue weighted by Crippen LogP contribution is 2.40. The van der Waals surface area contributed by atoms with Gasteiger partial charge in [-0.25, -0.2) is 0 Å². The van der Waals surface area contributed by atoms with Crippen molar-refractivity contribution in [2.45, 2.75) is 18.8 Å². The summed E-state index contributed by atoms with van der Waals surface area (Å²) in [7, 11) is 4.06. The third kappa shape index (κ3) is 3.95. The first-order valence-electron chi connectivity index (χ1n) is 7.27. The number of nitrogens with zero attached hydrogens (tertiary/aromatic N) is 1. The van der Waals surface area contributed by atoms with Gasteiger partial charge < -0.3 is 10.0 Å². The third-order valence-corrected chi connectivity index (χ3v) is 4.53. The molecule has 0 fully saturated rings. The predicted octanol–water partition coefficient (Wildman–Crippen LogP) is 5.15. The number of phenols is 1. The molecule has 22 heavy (non-hydrogen) atoms. The number of hydrogen-bond donors (Lipinski definition) is 1. The molecule has 0 heterocycles. The molecule has 2 aromatic rings. The SMILES string of the molecule is CC(c1ccccc1O)C(CN(C)C)c1cc(Cl)ccc1Cl. The minimum absolute atomic E-state index is 0.111. The molecule has 0 bridgehead atoms. The Hall–Kier alpha value is -1.22. The van der Waals surface area contributed by atoms with Crippen LogP contribution >= 0.6 is 23.2 Å². The van der Waals surface area contributed by atoms with Crippen molar-refractivity contribution in [1.82, 2.24) is 4.90 Å². The summed E-state index contributed by atoms with van der Waals surface area (Å²) < 4.78 is 0. The van der Waals surface area contributed by atoms with Gasteiger partial charge in [-0.1, -0.05) is 48.3 Å². The Morgan fingerprint density at radius 2 is 1.73 bits per heavy atom. The van der Waals surface area contributed by atoms with Gasteiger partial charge in [0.25, 0.3) is 0 Å². The van der Waals surface area contributed by atoms with Crippen molar-refractivity contribution >= 4 is 23.2 Å². The van der Waals surface area contributed by atoms with Crippen molar-refractivity contribution in [2.24, 2.45) is 0 Å². The Morgan fingerprint density at radius 3 is 2.36 bits per heavy atom. The number of rotatable bonds is 5. The smallest absolute Gasteiger partial charge is 0.119 e. The molecule has 2 rings (SSSR count). The fourth-order valence-electron chi connectivity index (χ4n) is 2.81. The van der Waals surface area contributed by atoms with Gasteiger partial charge in [-0.2, -0.15) is 0 Å². The van der Waals surface area contributed by atoms with Crippen molar-refractivity contribution in [1.29, 1.82) is 0 Å². The van der Waals surface area contributed by atoms with Crippen LogP contribution in [0.4, 0.5) is 0 Å². The van der Waals surface area contributed by atoms with Gasteiger partial charge in [0, 0.05) is 22.5 Å². The van der Waals surface area contributed by atoms with Crippen LogP contribution in [0.15, 0.2) is 42.5 Å². The summed E-state index contributed by atoms with van der Waals surface area (Å²) in [5, 5.41) is 11.5. The first-order chi connectivity index (χ1) is 10.4. The van der Waals surface area contributed by atoms with E-state index >= 15 is 0 Å². The van der Waals surface area contributed by atoms with Gasteiger partial charge in [-0.3, -0.25) is 0 Å². The Bertz CT molecular complexity index is 643. The third-order valence-electron chi connectivity index (χ3n) is 3.95. The minimum Gasteiger partial charge on any atom is -0.508 e. The molecule has 2 atom stereocenters. The largest absolute Gasteiger partial charge is 0.508 e. The first kappa shape index (κ1) is 17.1. The van der Waals surface area contributed by atoms with Gasteiger partial charge in [0.1, 0.15) is 5.75 Å². The van der Waals surface area contributed by atoms with Crippen LogP contribution in [0.25, 0.3) is 0 Å². The number of likely N-dealkylation sites (N-methyl/N-ethyl adjacent to an activating group) is 1. The molecule has 0 saturated heterocycles. The van der Waals surface area contributed by atoms with E-state index in [2.05, 4.69) is 11.8 Å². The second-order valence-corrected chi connectivity index (χ2v) is 6.73. The van der Waals surface area contributed by atoms with Crippen LogP contribution in [0.3, 0.4) is 0 Å². The molecule has 1 N–H and O–H groups in total. The van der Waals surface area contributed by atoms with Crippen molar-refractivity contribution in [3.8, 4) is 5.75 Å². The molecular formula is C18H21Cl2NO. The van der Waals surface area contributed by atoms with E-state index < -0.39 is 0 Å². The summed E-state index contributed by atoms with van der Waals surface area (Å²) in [5.74, 6) is 0.561. The molecule has 0 radical (unpaired) electrons. The van der Waals surface area contributed by atoms with E-state index in [9.17, 15) is 5.11 Å². The first-order valence-corrected chi connectivity index (χ1v) is 8.03. The van der Waals surface area contributed by atoms with Crippen molar-refractivity contribution < 1.29 is 5.11 Å². The minimum atomic E-state index is 0.111. The highest BCUT2D eigenvalue weighted by molar-refractivity contribution is 6.33. The van der Waals surface area contributed by atoms with Crippen LogP contribution in [0, 0.1) is 0 Å². The number of benzene rings is 2. The maximum absolute atomic E-state index is 10.2. The van der Waals surface area contributed by atoms with E-state index in [0.717, 1.165) is 17.7 Å². The topological polar surface area (TPSA) is 23.5 Å². The molecule has 2 aromatic carbocycles. The van der Waals surface area contributed by atoms with Crippen LogP contribution in [-0.2, 0) is 0 Å². The Balaban J connectivity index is 2.46. The van der Waals surface area contributed by atoms with Crippen molar-refractivity contribution in [3.63, 3.8) is 0 Å². The quantitative estimate of drug-likeness (QED) is 0.815. The Kier molecular flexibility index (Phi) is 5.74. The summed E-state index contributed by atoms with van der Waals surface area (Å²) in [6.07, 6.45) is 0. The Labute approximate surface area is 142 Å². The summed E-state index contributed by atoms with van der Waals surface area (Å²) in [6.45, 7) is 2.93. The lowest BCUT2D eigenvalue weighted by Crippen LogP contribution is -2.24. The molecule has 0 aliphatic heterocycles. The van der Waals surface area contributed by atoms with Crippen LogP contribution in [0.1, 0.15) is 29.9 Å². The zero-order valence-electron chi connectivity index (χ0n) is 13.1. The van der Waals surface area contributed by atoms with Gasteiger partial charge >= 0.3 is 0 Å². The molecule has 4 heteroatoms. The van der Waals surface area contributed by atoms with Crippen LogP contribution in [0.5, 0.6) is 5.75 Å². The molecule has 0 saturated carbocycles. The normalized spacial score (nSPS) is 14.1. The average molecular weight is 338 g/mol. The van der Waals surface area contributed by atoms with Gasteiger partial charge in [0.05, 0.1) is 0 Å². The van der Waals surface area contributed by atoms with Crippen LogP contribution < -0.4 is 0 Å². The summed E-state index contributed by atoms with van der Waals surface area (Å²) >= 11 is 12.6. The Morgan fingerprint density at radius 1 is 1.05 bits per heavy atom. The molecule has 0 aromatic heterocycles. The lowest BCUT2D eigenvalue weighted by atomic mass is 9.82. The lowest BCUT2D eigenvalue weighted by Gasteiger charge is -2.29. The zero-order valence-corrected chi connectivity index (χ0v) is 14.6. The van der Waals surface area contributed by atoms with Crippen molar-refractivity contribution in [3.05, 3.63) is 63.6 Å². The summed E-state index contributed by atoms with van der Waals surface area (Å²) in [5.41, 5.74) is 1.93. The highest BCUT2D eigenvalue weighted by Gasteiger charge is 2.25. The number of aromatic hydroxyl groups is 1. The monoisotopic (exact) mass is 337 g/mol. The molecule has 2 unspecified atom stereocenters. The maximum Gasteiger partial charge on any atom is 0.119 e. The number of halogens is 2. The zero-order chi connectivity index (χ0) is 16.3. The maximum atomic E-state index is 10.2. The average Bonchev–Trinajstić information content (AvgIpc) is 2.47. The second-order valence-electron chi connectivity index (χ2n) is 5.88. The molecule has 0 aliphatic rings. The van der Waals surface area contributed by atoms with E-state index in [4.69, 9.17) is 23.2 Å². The highest BCUT2D eigenvalue weighted by atomic mass is 35.5. The van der Waals surface area contributed by atoms with Gasteiger partial charge in [0.15, 0.2) is 0 Å². The predicted molar refractivity (Wildman–Crippen MR) is 94.3 cm³/mol. The fraction of sp³-hybridized carbons (Fsp3) is 0.333. The number of phenolic OH excluding ortho intramolecular Hbond substituents is 1. The molecule has 118 valence electrons. The summed E-state index contributed by atoms with van der Waals surface area (Å²) in [4.78, 5) is 2.12. The van der Waals surface area contributed by atoms with E-state index in [0.29, 0.717) is 15.8 Å². The lowest BCUT2D eigenvalue weighted by molar-refractivity contribution is 0.348. The van der Waals surface area contributed by atoms with Gasteiger partial charge in [-0.05, 0) is 55.4 Å². The van der Waals surface area contributed by atoms with Gasteiger partial charge in [0.2, 0.25) is 0 Å². The molecule has 0 aliphatic carbocycles. The number of hydrogen-bond acceptors (Lipinski definition) is 2. The molecule has 2 nitrogen and oxygen atoms in total. The van der Waals surface area contributed by atoms with Crippen molar-refractivity contribution in [2.75, 3.05) is 20.6 Å². The van der Waals surface area contributed by atoms with Crippen LogP contribution in [-0.4, -0.2) is 30.6 Å². The van der Waals surface area contributed by atoms with Gasteiger partial charge in [-0.15, -0.1) is 0 Å². The van der Waals surface area contributed by atoms with E-state index in [1.165, 1.54) is 0 Å². The number of para-hydroxylation sites is 1. The fourth-order valence-corrected chi connectivity index (χ4v) is 3.25. The molecular weight excluding hydrogens is 317 g/mol. The van der Waals surface area contributed by atoms with E-state index in [1.54, 1.807) is 12.1 Å². The second kappa shape index (κ2) is 7.36. The molecule has 0 spiro atoms. The standard InChI is InChI=1S/C18H21Cl2NO/c1-12(14-6-4-5-7-18(14)22)16(11-21(2)3)15-10-13(19)8-9-17(15)20/h4-10,12,16,22H,11H2,1-3H3. The van der Waals surface area contributed by atoms with E-state index in [1.807, 2.05) is 44.4 Å². The van der Waals surface area contributed by atoms with Crippen LogP contribution in [0.2, 0.25) is 10.0 Å². The summed E-state index contributed by atoms with van der Waals surface area (Å²) in [6, 6.07) is 13.0. The molecule has 0 amide bonds. The van der Waals surface area contributed by atoms with E-state index in [-0.39, 0.29) is 11.8 Å².